The fourth-order valence-electron chi connectivity index (χ4n) is 4.39. The van der Waals surface area contributed by atoms with Crippen molar-refractivity contribution in [3.8, 4) is 0 Å². The highest BCUT2D eigenvalue weighted by Crippen LogP contribution is 2.37. The molecule has 0 amide bonds. The zero-order valence-electron chi connectivity index (χ0n) is 16.7. The Morgan fingerprint density at radius 3 is 1.00 bits per heavy atom. The van der Waals surface area contributed by atoms with E-state index in [2.05, 4.69) is 79.7 Å². The third-order valence-electron chi connectivity index (χ3n) is 5.03. The maximum absolute atomic E-state index is 2.32. The molecule has 0 aliphatic rings. The zero-order valence-corrected chi connectivity index (χ0v) is 16.7. The van der Waals surface area contributed by atoms with Gasteiger partial charge in [-0.1, -0.05) is 49.2 Å². The Labute approximate surface area is 148 Å². The summed E-state index contributed by atoms with van der Waals surface area (Å²) in [5.41, 5.74) is 14.3. The summed E-state index contributed by atoms with van der Waals surface area (Å²) in [5.74, 6) is 0. The van der Waals surface area contributed by atoms with Crippen LogP contribution in [0.3, 0.4) is 0 Å². The van der Waals surface area contributed by atoms with Gasteiger partial charge in [-0.2, -0.15) is 0 Å². The zero-order chi connectivity index (χ0) is 18.0. The van der Waals surface area contributed by atoms with Crippen LogP contribution in [-0.2, 0) is 0 Å². The van der Waals surface area contributed by atoms with E-state index in [0.717, 1.165) is 12.8 Å². The van der Waals surface area contributed by atoms with Crippen LogP contribution >= 0.6 is 0 Å². The Morgan fingerprint density at radius 2 is 0.792 bits per heavy atom. The quantitative estimate of drug-likeness (QED) is 0.520. The molecule has 24 heavy (non-hydrogen) atoms. The van der Waals surface area contributed by atoms with Gasteiger partial charge in [-0.3, -0.25) is 0 Å². The summed E-state index contributed by atoms with van der Waals surface area (Å²) in [4.78, 5) is 0. The molecule has 0 heterocycles. The van der Waals surface area contributed by atoms with E-state index in [1.165, 1.54) is 55.7 Å². The molecule has 0 radical (unpaired) electrons. The first-order chi connectivity index (χ1) is 11.3. The highest BCUT2D eigenvalue weighted by atomic mass is 14.2. The molecular formula is C24H32. The van der Waals surface area contributed by atoms with Crippen LogP contribution in [0.2, 0.25) is 0 Å². The van der Waals surface area contributed by atoms with Gasteiger partial charge >= 0.3 is 0 Å². The highest BCUT2D eigenvalue weighted by molar-refractivity contribution is 5.94. The monoisotopic (exact) mass is 320 g/mol. The van der Waals surface area contributed by atoms with Gasteiger partial charge in [0.15, 0.2) is 0 Å². The van der Waals surface area contributed by atoms with E-state index >= 15 is 0 Å². The maximum atomic E-state index is 2.32. The SMILES string of the molecule is CC/C(=C(\CC)c1c(C)cc(C)cc1C)c1c(C)cc(C)cc1C. The van der Waals surface area contributed by atoms with E-state index < -0.39 is 0 Å². The number of rotatable bonds is 4. The second-order valence-corrected chi connectivity index (χ2v) is 7.21. The average Bonchev–Trinajstić information content (AvgIpc) is 2.46. The number of aryl methyl sites for hydroxylation is 6. The van der Waals surface area contributed by atoms with Crippen LogP contribution in [0.1, 0.15) is 71.2 Å². The maximum Gasteiger partial charge on any atom is -0.0163 e. The van der Waals surface area contributed by atoms with Crippen LogP contribution in [0.25, 0.3) is 11.1 Å². The van der Waals surface area contributed by atoms with Gasteiger partial charge in [0.1, 0.15) is 0 Å². The molecule has 0 aliphatic heterocycles. The smallest absolute Gasteiger partial charge is 0.0163 e. The number of benzene rings is 2. The molecule has 0 heteroatoms. The van der Waals surface area contributed by atoms with Gasteiger partial charge in [-0.25, -0.2) is 0 Å². The Hall–Kier alpha value is -1.82. The van der Waals surface area contributed by atoms with Crippen molar-refractivity contribution in [3.63, 3.8) is 0 Å². The van der Waals surface area contributed by atoms with Crippen molar-refractivity contribution in [2.24, 2.45) is 0 Å². The molecule has 0 aromatic heterocycles. The fourth-order valence-corrected chi connectivity index (χ4v) is 4.39. The van der Waals surface area contributed by atoms with Crippen molar-refractivity contribution in [2.75, 3.05) is 0 Å². The lowest BCUT2D eigenvalue weighted by atomic mass is 9.83. The summed E-state index contributed by atoms with van der Waals surface area (Å²) >= 11 is 0. The lowest BCUT2D eigenvalue weighted by Gasteiger charge is -2.22. The van der Waals surface area contributed by atoms with Gasteiger partial charge in [-0.15, -0.1) is 0 Å². The van der Waals surface area contributed by atoms with Gasteiger partial charge in [0.25, 0.3) is 0 Å². The second-order valence-electron chi connectivity index (χ2n) is 7.21. The summed E-state index contributed by atoms with van der Waals surface area (Å²) in [6.07, 6.45) is 2.14. The molecule has 0 N–H and O–H groups in total. The Balaban J connectivity index is 2.83. The van der Waals surface area contributed by atoms with Crippen LogP contribution in [-0.4, -0.2) is 0 Å². The van der Waals surface area contributed by atoms with Crippen LogP contribution in [0.5, 0.6) is 0 Å². The van der Waals surface area contributed by atoms with E-state index in [1.807, 2.05) is 0 Å². The molecule has 0 aliphatic carbocycles. The first-order valence-electron chi connectivity index (χ1n) is 9.18. The minimum absolute atomic E-state index is 1.07. The predicted octanol–water partition coefficient (Wildman–Crippen LogP) is 7.27. The van der Waals surface area contributed by atoms with Crippen molar-refractivity contribution in [3.05, 3.63) is 68.8 Å². The summed E-state index contributed by atoms with van der Waals surface area (Å²) in [7, 11) is 0. The van der Waals surface area contributed by atoms with Gasteiger partial charge in [-0.05, 0) is 98.9 Å². The third-order valence-corrected chi connectivity index (χ3v) is 5.03. The Morgan fingerprint density at radius 1 is 0.542 bits per heavy atom. The molecule has 2 aromatic carbocycles. The number of hydrogen-bond acceptors (Lipinski definition) is 0. The normalized spacial score (nSPS) is 12.3. The first-order valence-corrected chi connectivity index (χ1v) is 9.18. The highest BCUT2D eigenvalue weighted by Gasteiger charge is 2.16. The number of hydrogen-bond donors (Lipinski definition) is 0. The molecule has 0 saturated heterocycles. The largest absolute Gasteiger partial charge is 0.0613 e. The molecule has 0 fully saturated rings. The minimum atomic E-state index is 1.07. The summed E-state index contributed by atoms with van der Waals surface area (Å²) in [6.45, 7) is 18.0. The van der Waals surface area contributed by atoms with Crippen molar-refractivity contribution in [1.29, 1.82) is 0 Å². The van der Waals surface area contributed by atoms with Crippen LogP contribution in [0.15, 0.2) is 24.3 Å². The molecule has 0 atom stereocenters. The second kappa shape index (κ2) is 7.38. The minimum Gasteiger partial charge on any atom is -0.0613 e. The molecule has 0 bridgehead atoms. The van der Waals surface area contributed by atoms with E-state index in [1.54, 1.807) is 0 Å². The van der Waals surface area contributed by atoms with Crippen molar-refractivity contribution >= 4 is 11.1 Å². The van der Waals surface area contributed by atoms with Crippen molar-refractivity contribution in [1.82, 2.24) is 0 Å². The molecule has 2 rings (SSSR count). The molecule has 0 unspecified atom stereocenters. The van der Waals surface area contributed by atoms with Gasteiger partial charge in [0.2, 0.25) is 0 Å². The van der Waals surface area contributed by atoms with Gasteiger partial charge in [0.05, 0.1) is 0 Å². The predicted molar refractivity (Wildman–Crippen MR) is 109 cm³/mol. The third kappa shape index (κ3) is 3.48. The van der Waals surface area contributed by atoms with Crippen molar-refractivity contribution < 1.29 is 0 Å². The van der Waals surface area contributed by atoms with Gasteiger partial charge in [0, 0.05) is 0 Å². The van der Waals surface area contributed by atoms with Crippen LogP contribution in [0.4, 0.5) is 0 Å². The average molecular weight is 321 g/mol. The fraction of sp³-hybridized carbons (Fsp3) is 0.417. The Kier molecular flexibility index (Phi) is 5.70. The molecular weight excluding hydrogens is 288 g/mol. The lowest BCUT2D eigenvalue weighted by molar-refractivity contribution is 1.15. The lowest BCUT2D eigenvalue weighted by Crippen LogP contribution is -2.01. The van der Waals surface area contributed by atoms with E-state index in [0.29, 0.717) is 0 Å². The molecule has 2 aromatic rings. The van der Waals surface area contributed by atoms with Crippen LogP contribution < -0.4 is 0 Å². The number of allylic oxidation sites excluding steroid dienone is 2. The summed E-state index contributed by atoms with van der Waals surface area (Å²) in [5, 5.41) is 0. The standard InChI is InChI=1S/C24H32/c1-9-21(23-17(5)11-15(3)12-18(23)6)22(10-2)24-19(7)13-16(4)14-20(24)8/h11-14H,9-10H2,1-8H3/b22-21-. The van der Waals surface area contributed by atoms with Gasteiger partial charge < -0.3 is 0 Å². The summed E-state index contributed by atoms with van der Waals surface area (Å²) in [6, 6.07) is 9.28. The molecule has 128 valence electrons. The van der Waals surface area contributed by atoms with Crippen LogP contribution in [0, 0.1) is 41.5 Å². The molecule has 0 saturated carbocycles. The van der Waals surface area contributed by atoms with E-state index in [4.69, 9.17) is 0 Å². The summed E-state index contributed by atoms with van der Waals surface area (Å²) < 4.78 is 0. The topological polar surface area (TPSA) is 0 Å². The van der Waals surface area contributed by atoms with Crippen molar-refractivity contribution in [2.45, 2.75) is 68.2 Å². The molecule has 0 spiro atoms. The molecule has 0 nitrogen and oxygen atoms in total. The van der Waals surface area contributed by atoms with E-state index in [-0.39, 0.29) is 0 Å². The first kappa shape index (κ1) is 18.5. The Bertz CT molecular complexity index is 674. The van der Waals surface area contributed by atoms with E-state index in [9.17, 15) is 0 Å².